The molecule has 0 aliphatic carbocycles. The van der Waals surface area contributed by atoms with Gasteiger partial charge in [-0.25, -0.2) is 0 Å². The first-order valence-corrected chi connectivity index (χ1v) is 25.5. The zero-order valence-corrected chi connectivity index (χ0v) is 39.4. The van der Waals surface area contributed by atoms with Crippen molar-refractivity contribution in [2.24, 2.45) is 0 Å². The molecule has 67 heavy (non-hydrogen) atoms. The Bertz CT molecular complexity index is 3070. The van der Waals surface area contributed by atoms with Crippen molar-refractivity contribution in [3.05, 3.63) is 246 Å². The molecule has 0 saturated heterocycles. The van der Waals surface area contributed by atoms with E-state index in [0.717, 1.165) is 97.7 Å². The lowest BCUT2D eigenvalue weighted by molar-refractivity contribution is 0.385. The smallest absolute Gasteiger partial charge is 0.173 e. The number of rotatable bonds is 12. The monoisotopic (exact) mass is 924 g/mol. The van der Waals surface area contributed by atoms with Gasteiger partial charge in [0.25, 0.3) is 0 Å². The number of ether oxygens (including phenoxy) is 2. The van der Waals surface area contributed by atoms with Crippen LogP contribution in [0.4, 0.5) is 34.1 Å². The Morgan fingerprint density at radius 3 is 1.07 bits per heavy atom. The van der Waals surface area contributed by atoms with Crippen molar-refractivity contribution in [3.63, 3.8) is 0 Å². The average molecular weight is 925 g/mol. The highest BCUT2D eigenvalue weighted by atomic mass is 32.1. The van der Waals surface area contributed by atoms with E-state index in [4.69, 9.17) is 9.47 Å². The third kappa shape index (κ3) is 7.65. The minimum atomic E-state index is -3.44. The summed E-state index contributed by atoms with van der Waals surface area (Å²) in [5.41, 5.74) is 9.43. The summed E-state index contributed by atoms with van der Waals surface area (Å²) in [4.78, 5) is 8.68. The molecule has 0 fully saturated rings. The molecule has 3 heterocycles. The molecule has 0 saturated carbocycles. The second-order valence-corrected chi connectivity index (χ2v) is 21.1. The highest BCUT2D eigenvalue weighted by Gasteiger charge is 2.46. The number of nitrogens with zero attached hydrogens (tertiary/aromatic N) is 2. The van der Waals surface area contributed by atoms with Gasteiger partial charge in [0.15, 0.2) is 7.14 Å². The Labute approximate surface area is 399 Å². The molecule has 0 atom stereocenters. The van der Waals surface area contributed by atoms with E-state index in [1.54, 1.807) is 36.9 Å². The zero-order chi connectivity index (χ0) is 45.3. The lowest BCUT2D eigenvalue weighted by Gasteiger charge is -2.31. The SMILES string of the molecule is COc1cccc(OC)c1C1c2sc(-c3ccc(N(c4ccccc4)c4ccccc4)cc3)cc2P(=O)(c2ccccc2)c2cc(-c3ccc(N(c4ccccc4)c4ccccc4)cc3)sc21. The fourth-order valence-corrected chi connectivity index (χ4v) is 15.9. The molecule has 8 heteroatoms. The van der Waals surface area contributed by atoms with Gasteiger partial charge in [-0.05, 0) is 108 Å². The number of hydrogen-bond acceptors (Lipinski definition) is 7. The van der Waals surface area contributed by atoms with Crippen LogP contribution >= 0.6 is 29.8 Å². The Hall–Kier alpha value is -7.41. The van der Waals surface area contributed by atoms with Crippen molar-refractivity contribution in [2.45, 2.75) is 5.92 Å². The molecule has 0 N–H and O–H groups in total. The van der Waals surface area contributed by atoms with Crippen molar-refractivity contribution >= 4 is 79.9 Å². The van der Waals surface area contributed by atoms with E-state index in [1.807, 2.05) is 72.8 Å². The highest BCUT2D eigenvalue weighted by Crippen LogP contribution is 2.59. The van der Waals surface area contributed by atoms with Crippen LogP contribution in [0.1, 0.15) is 21.2 Å². The van der Waals surface area contributed by atoms with Crippen molar-refractivity contribution in [2.75, 3.05) is 24.0 Å². The van der Waals surface area contributed by atoms with Crippen molar-refractivity contribution in [3.8, 4) is 32.4 Å². The Balaban J connectivity index is 1.06. The molecule has 0 radical (unpaired) electrons. The maximum absolute atomic E-state index is 16.7. The minimum absolute atomic E-state index is 0.309. The first kappa shape index (κ1) is 42.2. The van der Waals surface area contributed by atoms with E-state index in [1.165, 1.54) is 0 Å². The summed E-state index contributed by atoms with van der Waals surface area (Å²) in [5, 5.41) is 2.51. The number of methoxy groups -OCH3 is 2. The summed E-state index contributed by atoms with van der Waals surface area (Å²) in [6.07, 6.45) is 0. The lowest BCUT2D eigenvalue weighted by Crippen LogP contribution is -2.33. The molecule has 10 aromatic rings. The second-order valence-electron chi connectivity index (χ2n) is 16.3. The number of fused-ring (bicyclic) bond motifs is 2. The standard InChI is InChI=1S/C59H45N2O3PS2/c1-63-50-29-18-30-51(64-2)56(50)57-58-52(39-54(66-58)41-31-35-47(36-32-41)60(43-19-8-3-9-20-43)44-21-10-4-11-22-44)65(62,49-27-16-7-17-28-49)53-40-55(67-59(53)57)42-33-37-48(38-34-42)61(45-23-12-5-13-24-45)46-25-14-6-15-26-46/h3-40,57H,1-2H3. The van der Waals surface area contributed by atoms with Crippen LogP contribution in [0, 0.1) is 0 Å². The van der Waals surface area contributed by atoms with E-state index < -0.39 is 7.14 Å². The molecule has 11 rings (SSSR count). The van der Waals surface area contributed by atoms with E-state index in [2.05, 4.69) is 168 Å². The fourth-order valence-electron chi connectivity index (χ4n) is 9.33. The van der Waals surface area contributed by atoms with Crippen LogP contribution in [-0.4, -0.2) is 14.2 Å². The maximum Gasteiger partial charge on any atom is 0.173 e. The number of benzene rings is 8. The third-order valence-electron chi connectivity index (χ3n) is 12.4. The molecule has 0 amide bonds. The van der Waals surface area contributed by atoms with Crippen LogP contribution < -0.4 is 35.2 Å². The van der Waals surface area contributed by atoms with Crippen LogP contribution in [0.15, 0.2) is 231 Å². The van der Waals surface area contributed by atoms with Crippen molar-refractivity contribution < 1.29 is 14.0 Å². The largest absolute Gasteiger partial charge is 0.496 e. The lowest BCUT2D eigenvalue weighted by atomic mass is 9.93. The molecule has 5 nitrogen and oxygen atoms in total. The van der Waals surface area contributed by atoms with Gasteiger partial charge in [0.2, 0.25) is 0 Å². The normalized spacial score (nSPS) is 15.0. The number of hydrogen-bond donors (Lipinski definition) is 0. The molecule has 1 aliphatic heterocycles. The van der Waals surface area contributed by atoms with Crippen molar-refractivity contribution in [1.82, 2.24) is 0 Å². The molecule has 0 spiro atoms. The molecule has 2 aromatic heterocycles. The Morgan fingerprint density at radius 2 is 0.731 bits per heavy atom. The fraction of sp³-hybridized carbons (Fsp3) is 0.0508. The van der Waals surface area contributed by atoms with Gasteiger partial charge in [-0.2, -0.15) is 0 Å². The molecular weight excluding hydrogens is 880 g/mol. The summed E-state index contributed by atoms with van der Waals surface area (Å²) in [7, 11) is -0.0153. The molecule has 8 aromatic carbocycles. The molecule has 0 unspecified atom stereocenters. The number of para-hydroxylation sites is 4. The zero-order valence-electron chi connectivity index (χ0n) is 36.9. The van der Waals surface area contributed by atoms with Gasteiger partial charge in [0.1, 0.15) is 11.5 Å². The predicted octanol–water partition coefficient (Wildman–Crippen LogP) is 15.2. The van der Waals surface area contributed by atoms with E-state index in [0.29, 0.717) is 0 Å². The van der Waals surface area contributed by atoms with Gasteiger partial charge >= 0.3 is 0 Å². The van der Waals surface area contributed by atoms with Crippen molar-refractivity contribution in [1.29, 1.82) is 0 Å². The first-order chi connectivity index (χ1) is 33.0. The minimum Gasteiger partial charge on any atom is -0.496 e. The predicted molar refractivity (Wildman–Crippen MR) is 282 cm³/mol. The quantitative estimate of drug-likeness (QED) is 0.114. The van der Waals surface area contributed by atoms with E-state index in [9.17, 15) is 0 Å². The molecule has 0 bridgehead atoms. The molecule has 1 aliphatic rings. The van der Waals surface area contributed by atoms with Gasteiger partial charge in [0.05, 0.1) is 20.1 Å². The molecular formula is C59H45N2O3PS2. The van der Waals surface area contributed by atoms with E-state index in [-0.39, 0.29) is 5.92 Å². The maximum atomic E-state index is 16.7. The Morgan fingerprint density at radius 1 is 0.403 bits per heavy atom. The Kier molecular flexibility index (Phi) is 11.4. The second kappa shape index (κ2) is 18.1. The first-order valence-electron chi connectivity index (χ1n) is 22.2. The summed E-state index contributed by atoms with van der Waals surface area (Å²) in [5.74, 6) is 1.14. The summed E-state index contributed by atoms with van der Waals surface area (Å²) < 4.78 is 29.0. The van der Waals surface area contributed by atoms with Gasteiger partial charge in [-0.3, -0.25) is 0 Å². The number of anilines is 6. The van der Waals surface area contributed by atoms with E-state index >= 15 is 4.57 Å². The summed E-state index contributed by atoms with van der Waals surface area (Å²) >= 11 is 3.42. The summed E-state index contributed by atoms with van der Waals surface area (Å²) in [6, 6.07) is 79.6. The van der Waals surface area contributed by atoms with Gasteiger partial charge in [-0.15, -0.1) is 22.7 Å². The van der Waals surface area contributed by atoms with Gasteiger partial charge in [-0.1, -0.05) is 133 Å². The van der Waals surface area contributed by atoms with Gasteiger partial charge in [0, 0.05) is 75.1 Å². The summed E-state index contributed by atoms with van der Waals surface area (Å²) in [6.45, 7) is 0. The highest BCUT2D eigenvalue weighted by molar-refractivity contribution is 7.86. The van der Waals surface area contributed by atoms with Crippen LogP contribution in [0.3, 0.4) is 0 Å². The van der Waals surface area contributed by atoms with Crippen LogP contribution in [0.2, 0.25) is 0 Å². The average Bonchev–Trinajstić information content (AvgIpc) is 4.06. The topological polar surface area (TPSA) is 42.0 Å². The van der Waals surface area contributed by atoms with Crippen LogP contribution in [0.25, 0.3) is 20.9 Å². The van der Waals surface area contributed by atoms with Crippen LogP contribution in [0.5, 0.6) is 11.5 Å². The number of thiophene rings is 2. The van der Waals surface area contributed by atoms with Gasteiger partial charge < -0.3 is 23.8 Å². The third-order valence-corrected chi connectivity index (χ3v) is 18.4. The molecule has 326 valence electrons. The van der Waals surface area contributed by atoms with Crippen LogP contribution in [-0.2, 0) is 4.57 Å².